The fourth-order valence-corrected chi connectivity index (χ4v) is 2.46. The van der Waals surface area contributed by atoms with Crippen molar-refractivity contribution in [3.63, 3.8) is 0 Å². The van der Waals surface area contributed by atoms with Crippen LogP contribution in [0.5, 0.6) is 5.75 Å². The van der Waals surface area contributed by atoms with Gasteiger partial charge in [0.15, 0.2) is 11.4 Å². The summed E-state index contributed by atoms with van der Waals surface area (Å²) in [5, 5.41) is 6.64. The molecule has 1 aromatic carbocycles. The van der Waals surface area contributed by atoms with Gasteiger partial charge in [-0.2, -0.15) is 4.98 Å². The molecule has 0 aliphatic heterocycles. The van der Waals surface area contributed by atoms with Crippen molar-refractivity contribution >= 4 is 28.6 Å². The van der Waals surface area contributed by atoms with Gasteiger partial charge in [-0.05, 0) is 51.0 Å². The van der Waals surface area contributed by atoms with Gasteiger partial charge in [-0.3, -0.25) is 0 Å². The molecule has 0 unspecified atom stereocenters. The van der Waals surface area contributed by atoms with E-state index < -0.39 is 0 Å². The van der Waals surface area contributed by atoms with Crippen molar-refractivity contribution in [2.24, 2.45) is 0 Å². The van der Waals surface area contributed by atoms with E-state index >= 15 is 0 Å². The smallest absolute Gasteiger partial charge is 0.229 e. The van der Waals surface area contributed by atoms with Gasteiger partial charge >= 0.3 is 0 Å². The first-order chi connectivity index (χ1) is 11.7. The van der Waals surface area contributed by atoms with E-state index in [0.29, 0.717) is 17.6 Å². The molecule has 4 rings (SSSR count). The third kappa shape index (κ3) is 3.27. The summed E-state index contributed by atoms with van der Waals surface area (Å²) in [6, 6.07) is 10.1. The molecule has 124 valence electrons. The van der Waals surface area contributed by atoms with Crippen LogP contribution in [0, 0.1) is 0 Å². The van der Waals surface area contributed by atoms with Gasteiger partial charge < -0.3 is 19.8 Å². The molecule has 6 heteroatoms. The Hall–Kier alpha value is -2.76. The molecule has 24 heavy (non-hydrogen) atoms. The minimum absolute atomic E-state index is 0.159. The quantitative estimate of drug-likeness (QED) is 0.703. The van der Waals surface area contributed by atoms with Crippen molar-refractivity contribution in [1.82, 2.24) is 9.97 Å². The van der Waals surface area contributed by atoms with Crippen LogP contribution in [0.2, 0.25) is 0 Å². The van der Waals surface area contributed by atoms with Gasteiger partial charge in [-0.1, -0.05) is 0 Å². The lowest BCUT2D eigenvalue weighted by atomic mass is 10.3. The molecule has 1 fully saturated rings. The van der Waals surface area contributed by atoms with E-state index in [0.717, 1.165) is 22.8 Å². The van der Waals surface area contributed by atoms with Gasteiger partial charge in [0.25, 0.3) is 0 Å². The highest BCUT2D eigenvalue weighted by atomic mass is 16.5. The number of hydrogen-bond donors (Lipinski definition) is 2. The molecule has 0 radical (unpaired) electrons. The highest BCUT2D eigenvalue weighted by Crippen LogP contribution is 2.30. The van der Waals surface area contributed by atoms with Gasteiger partial charge in [0.2, 0.25) is 5.95 Å². The number of aromatic nitrogens is 2. The van der Waals surface area contributed by atoms with Gasteiger partial charge in [-0.15, -0.1) is 0 Å². The van der Waals surface area contributed by atoms with E-state index in [-0.39, 0.29) is 6.10 Å². The lowest BCUT2D eigenvalue weighted by molar-refractivity contribution is 0.242. The molecule has 2 N–H and O–H groups in total. The number of fused-ring (bicyclic) bond motifs is 1. The first-order valence-electron chi connectivity index (χ1n) is 8.23. The van der Waals surface area contributed by atoms with Crippen molar-refractivity contribution < 1.29 is 9.15 Å². The summed E-state index contributed by atoms with van der Waals surface area (Å²) in [4.78, 5) is 9.06. The molecule has 0 saturated heterocycles. The molecule has 2 aromatic heterocycles. The zero-order valence-electron chi connectivity index (χ0n) is 13.7. The Bertz CT molecular complexity index is 838. The predicted octanol–water partition coefficient (Wildman–Crippen LogP) is 4.33. The summed E-state index contributed by atoms with van der Waals surface area (Å²) in [6.45, 7) is 4.02. The van der Waals surface area contributed by atoms with Crippen molar-refractivity contribution in [3.8, 4) is 5.75 Å². The summed E-state index contributed by atoms with van der Waals surface area (Å²) < 4.78 is 11.2. The first kappa shape index (κ1) is 14.8. The maximum atomic E-state index is 5.65. The molecule has 0 amide bonds. The minimum Gasteiger partial charge on any atom is -0.491 e. The number of ether oxygens (including phenoxy) is 1. The second-order valence-corrected chi connectivity index (χ2v) is 6.27. The maximum absolute atomic E-state index is 5.65. The highest BCUT2D eigenvalue weighted by Gasteiger charge is 2.23. The van der Waals surface area contributed by atoms with Crippen LogP contribution in [0.3, 0.4) is 0 Å². The van der Waals surface area contributed by atoms with E-state index in [2.05, 4.69) is 20.6 Å². The fourth-order valence-electron chi connectivity index (χ4n) is 2.46. The fraction of sp³-hybridized carbons (Fsp3) is 0.333. The maximum Gasteiger partial charge on any atom is 0.229 e. The Morgan fingerprint density at radius 3 is 2.62 bits per heavy atom. The van der Waals surface area contributed by atoms with Gasteiger partial charge in [0, 0.05) is 17.8 Å². The lowest BCUT2D eigenvalue weighted by Crippen LogP contribution is -2.07. The molecule has 1 aliphatic rings. The third-order valence-corrected chi connectivity index (χ3v) is 3.70. The number of hydrogen-bond acceptors (Lipinski definition) is 6. The van der Waals surface area contributed by atoms with Crippen LogP contribution in [0.25, 0.3) is 11.1 Å². The van der Waals surface area contributed by atoms with Crippen LogP contribution < -0.4 is 15.4 Å². The van der Waals surface area contributed by atoms with E-state index in [1.165, 1.54) is 12.8 Å². The number of furan rings is 1. The van der Waals surface area contributed by atoms with E-state index in [9.17, 15) is 0 Å². The van der Waals surface area contributed by atoms with E-state index in [1.54, 1.807) is 6.26 Å². The molecule has 1 aliphatic carbocycles. The van der Waals surface area contributed by atoms with Gasteiger partial charge in [0.05, 0.1) is 12.4 Å². The topological polar surface area (TPSA) is 72.2 Å². The summed E-state index contributed by atoms with van der Waals surface area (Å²) in [7, 11) is 0. The Kier molecular flexibility index (Phi) is 3.72. The standard InChI is InChI=1S/C18H20N4O2/c1-11(2)24-14-7-5-13(6-8-14)20-18-21-15-9-10-23-16(15)17(22-18)19-12-3-4-12/h5-12H,3-4H2,1-2H3,(H2,19,20,21,22). The van der Waals surface area contributed by atoms with Crippen molar-refractivity contribution in [2.75, 3.05) is 10.6 Å². The molecule has 1 saturated carbocycles. The molecule has 0 bridgehead atoms. The first-order valence-corrected chi connectivity index (χ1v) is 8.23. The van der Waals surface area contributed by atoms with Crippen LogP contribution in [0.4, 0.5) is 17.5 Å². The average Bonchev–Trinajstić information content (AvgIpc) is 3.23. The number of rotatable bonds is 6. The van der Waals surface area contributed by atoms with Crippen molar-refractivity contribution in [1.29, 1.82) is 0 Å². The predicted molar refractivity (Wildman–Crippen MR) is 93.9 cm³/mol. The summed E-state index contributed by atoms with van der Waals surface area (Å²) in [5.41, 5.74) is 2.40. The molecule has 6 nitrogen and oxygen atoms in total. The molecule has 2 heterocycles. The highest BCUT2D eigenvalue weighted by molar-refractivity contribution is 5.85. The summed E-state index contributed by atoms with van der Waals surface area (Å²) in [6.07, 6.45) is 4.14. The molecular weight excluding hydrogens is 304 g/mol. The van der Waals surface area contributed by atoms with Crippen molar-refractivity contribution in [3.05, 3.63) is 36.6 Å². The molecule has 3 aromatic rings. The molecule has 0 atom stereocenters. The van der Waals surface area contributed by atoms with Crippen LogP contribution in [0.15, 0.2) is 41.0 Å². The zero-order valence-corrected chi connectivity index (χ0v) is 13.7. The van der Waals surface area contributed by atoms with E-state index in [1.807, 2.05) is 44.2 Å². The zero-order chi connectivity index (χ0) is 16.5. The van der Waals surface area contributed by atoms with E-state index in [4.69, 9.17) is 9.15 Å². The number of nitrogens with zero attached hydrogens (tertiary/aromatic N) is 2. The molecule has 0 spiro atoms. The Morgan fingerprint density at radius 2 is 1.92 bits per heavy atom. The SMILES string of the molecule is CC(C)Oc1ccc(Nc2nc(NC3CC3)c3occc3n2)cc1. The largest absolute Gasteiger partial charge is 0.491 e. The molecular formula is C18H20N4O2. The number of nitrogens with one attached hydrogen (secondary N) is 2. The second kappa shape index (κ2) is 6.03. The van der Waals surface area contributed by atoms with Crippen LogP contribution >= 0.6 is 0 Å². The Morgan fingerprint density at radius 1 is 1.12 bits per heavy atom. The number of anilines is 3. The Labute approximate surface area is 140 Å². The van der Waals surface area contributed by atoms with Crippen LogP contribution in [0.1, 0.15) is 26.7 Å². The van der Waals surface area contributed by atoms with Crippen LogP contribution in [-0.2, 0) is 0 Å². The van der Waals surface area contributed by atoms with Gasteiger partial charge in [-0.25, -0.2) is 4.98 Å². The monoisotopic (exact) mass is 324 g/mol. The second-order valence-electron chi connectivity index (χ2n) is 6.27. The summed E-state index contributed by atoms with van der Waals surface area (Å²) in [5.74, 6) is 2.14. The van der Waals surface area contributed by atoms with Crippen LogP contribution in [-0.4, -0.2) is 22.1 Å². The normalized spacial score (nSPS) is 14.1. The van der Waals surface area contributed by atoms with Crippen molar-refractivity contribution in [2.45, 2.75) is 38.8 Å². The minimum atomic E-state index is 0.159. The average molecular weight is 324 g/mol. The van der Waals surface area contributed by atoms with Gasteiger partial charge in [0.1, 0.15) is 11.3 Å². The lowest BCUT2D eigenvalue weighted by Gasteiger charge is -2.11. The Balaban J connectivity index is 1.57. The third-order valence-electron chi connectivity index (χ3n) is 3.70. The number of benzene rings is 1. The summed E-state index contributed by atoms with van der Waals surface area (Å²) >= 11 is 0.